The highest BCUT2D eigenvalue weighted by molar-refractivity contribution is 6.30. The number of rotatable bonds is 4. The summed E-state index contributed by atoms with van der Waals surface area (Å²) >= 11 is 5.92. The molecule has 2 aromatic rings. The van der Waals surface area contributed by atoms with E-state index in [0.29, 0.717) is 10.6 Å². The average Bonchev–Trinajstić information content (AvgIpc) is 3.09. The summed E-state index contributed by atoms with van der Waals surface area (Å²) in [6.45, 7) is 2.51. The van der Waals surface area contributed by atoms with E-state index >= 15 is 0 Å². The molecule has 3 heterocycles. The van der Waals surface area contributed by atoms with E-state index in [1.807, 2.05) is 0 Å². The molecule has 1 atom stereocenters. The van der Waals surface area contributed by atoms with Crippen molar-refractivity contribution in [1.29, 1.82) is 0 Å². The lowest BCUT2D eigenvalue weighted by Gasteiger charge is -2.46. The van der Waals surface area contributed by atoms with E-state index in [1.54, 1.807) is 24.3 Å². The van der Waals surface area contributed by atoms with Gasteiger partial charge in [-0.3, -0.25) is 0 Å². The molecule has 2 saturated heterocycles. The lowest BCUT2D eigenvalue weighted by atomic mass is 9.80. The fourth-order valence-electron chi connectivity index (χ4n) is 4.02. The molecule has 3 N–H and O–H groups in total. The summed E-state index contributed by atoms with van der Waals surface area (Å²) in [4.78, 5) is 11.9. The van der Waals surface area contributed by atoms with Crippen LogP contribution in [0.15, 0.2) is 28.8 Å². The molecule has 4 rings (SSSR count). The van der Waals surface area contributed by atoms with Crippen molar-refractivity contribution in [2.24, 2.45) is 0 Å². The number of halogens is 2. The molecule has 0 bridgehead atoms. The number of nitrogens with one attached hydrogen (secondary N) is 2. The highest BCUT2D eigenvalue weighted by Gasteiger charge is 2.44. The number of carboxylic acids is 1. The lowest BCUT2D eigenvalue weighted by Crippen LogP contribution is -2.57. The maximum atomic E-state index is 11.9. The highest BCUT2D eigenvalue weighted by atomic mass is 35.5. The van der Waals surface area contributed by atoms with Gasteiger partial charge in [0.1, 0.15) is 0 Å². The van der Waals surface area contributed by atoms with Crippen LogP contribution in [0.5, 0.6) is 0 Å². The second kappa shape index (κ2) is 8.69. The smallest absolute Gasteiger partial charge is 0.343 e. The Morgan fingerprint density at radius 2 is 2.00 bits per heavy atom. The van der Waals surface area contributed by atoms with Gasteiger partial charge in [0.2, 0.25) is 0 Å². The summed E-state index contributed by atoms with van der Waals surface area (Å²) in [6.07, 6.45) is 3.60. The molecule has 28 heavy (non-hydrogen) atoms. The summed E-state index contributed by atoms with van der Waals surface area (Å²) in [5.41, 5.74) is 0.361. The van der Waals surface area contributed by atoms with Gasteiger partial charge in [-0.25, -0.2) is 4.79 Å². The van der Waals surface area contributed by atoms with Crippen LogP contribution < -0.4 is 10.6 Å². The number of ether oxygens (including phenoxy) is 1. The molecule has 1 unspecified atom stereocenters. The minimum atomic E-state index is -1.08. The van der Waals surface area contributed by atoms with Crippen LogP contribution in [0.2, 0.25) is 5.02 Å². The molecule has 7 nitrogen and oxygen atoms in total. The Labute approximate surface area is 174 Å². The quantitative estimate of drug-likeness (QED) is 0.681. The molecular weight excluding hydrogens is 405 g/mol. The van der Waals surface area contributed by atoms with Crippen molar-refractivity contribution in [1.82, 2.24) is 10.5 Å². The molecular formula is C19H23Cl2N3O4. The van der Waals surface area contributed by atoms with Gasteiger partial charge in [-0.05, 0) is 63.0 Å². The molecule has 1 aromatic heterocycles. The Morgan fingerprint density at radius 3 is 2.68 bits per heavy atom. The van der Waals surface area contributed by atoms with E-state index in [2.05, 4.69) is 15.8 Å². The minimum Gasteiger partial charge on any atom is -0.477 e. The summed E-state index contributed by atoms with van der Waals surface area (Å²) < 4.78 is 11.6. The monoisotopic (exact) mass is 427 g/mol. The topological polar surface area (TPSA) is 96.6 Å². The Hall–Kier alpha value is -1.80. The van der Waals surface area contributed by atoms with Crippen molar-refractivity contribution >= 4 is 35.8 Å². The van der Waals surface area contributed by atoms with Gasteiger partial charge in [0.25, 0.3) is 0 Å². The molecule has 2 aliphatic rings. The molecule has 2 aliphatic heterocycles. The van der Waals surface area contributed by atoms with Gasteiger partial charge in [0.05, 0.1) is 11.6 Å². The van der Waals surface area contributed by atoms with Gasteiger partial charge in [0.15, 0.2) is 17.1 Å². The van der Waals surface area contributed by atoms with Gasteiger partial charge >= 0.3 is 5.97 Å². The number of aromatic carboxylic acids is 1. The zero-order valence-electron chi connectivity index (χ0n) is 15.2. The van der Waals surface area contributed by atoms with Gasteiger partial charge in [-0.2, -0.15) is 0 Å². The van der Waals surface area contributed by atoms with Crippen LogP contribution >= 0.6 is 24.0 Å². The largest absolute Gasteiger partial charge is 0.477 e. The van der Waals surface area contributed by atoms with Crippen molar-refractivity contribution in [3.05, 3.63) is 34.9 Å². The summed E-state index contributed by atoms with van der Waals surface area (Å²) in [5, 5.41) is 21.1. The predicted octanol–water partition coefficient (Wildman–Crippen LogP) is 3.83. The van der Waals surface area contributed by atoms with Crippen molar-refractivity contribution in [3.63, 3.8) is 0 Å². The number of anilines is 1. The van der Waals surface area contributed by atoms with Crippen LogP contribution in [0.3, 0.4) is 0 Å². The van der Waals surface area contributed by atoms with Crippen molar-refractivity contribution in [2.45, 2.75) is 37.3 Å². The summed E-state index contributed by atoms with van der Waals surface area (Å²) in [6, 6.07) is 6.82. The zero-order valence-corrected chi connectivity index (χ0v) is 16.8. The van der Waals surface area contributed by atoms with Gasteiger partial charge < -0.3 is 25.0 Å². The van der Waals surface area contributed by atoms with E-state index in [-0.39, 0.29) is 41.2 Å². The van der Waals surface area contributed by atoms with Gasteiger partial charge in [-0.15, -0.1) is 12.4 Å². The van der Waals surface area contributed by atoms with Crippen molar-refractivity contribution < 1.29 is 19.2 Å². The van der Waals surface area contributed by atoms with E-state index in [9.17, 15) is 9.90 Å². The second-order valence-corrected chi connectivity index (χ2v) is 7.49. The normalized spacial score (nSPS) is 21.1. The number of hydrogen-bond donors (Lipinski definition) is 3. The molecule has 9 heteroatoms. The number of benzene rings is 1. The van der Waals surface area contributed by atoms with Crippen molar-refractivity contribution in [2.75, 3.05) is 25.0 Å². The van der Waals surface area contributed by atoms with Gasteiger partial charge in [0, 0.05) is 17.2 Å². The minimum absolute atomic E-state index is 0. The fraction of sp³-hybridized carbons (Fsp3) is 0.474. The predicted molar refractivity (Wildman–Crippen MR) is 109 cm³/mol. The third-order valence-corrected chi connectivity index (χ3v) is 5.69. The first-order valence-corrected chi connectivity index (χ1v) is 9.57. The van der Waals surface area contributed by atoms with Crippen LogP contribution in [0.25, 0.3) is 11.3 Å². The Kier molecular flexibility index (Phi) is 6.50. The first-order chi connectivity index (χ1) is 13.1. The van der Waals surface area contributed by atoms with Crippen molar-refractivity contribution in [3.8, 4) is 11.3 Å². The van der Waals surface area contributed by atoms with Crippen LogP contribution in [0.4, 0.5) is 5.82 Å². The zero-order chi connectivity index (χ0) is 18.9. The summed E-state index contributed by atoms with van der Waals surface area (Å²) in [5.74, 6) is -0.613. The third kappa shape index (κ3) is 3.98. The number of carboxylic acid groups (broad SMARTS) is 1. The Bertz CT molecular complexity index is 811. The Balaban J connectivity index is 0.00000225. The highest BCUT2D eigenvalue weighted by Crippen LogP contribution is 2.37. The number of piperidine rings is 1. The van der Waals surface area contributed by atoms with E-state index in [1.165, 1.54) is 0 Å². The van der Waals surface area contributed by atoms with Crippen LogP contribution in [-0.4, -0.2) is 47.6 Å². The molecule has 0 saturated carbocycles. The van der Waals surface area contributed by atoms with Crippen LogP contribution in [0, 0.1) is 0 Å². The molecule has 0 amide bonds. The number of nitrogens with zero attached hydrogens (tertiary/aromatic N) is 1. The SMILES string of the molecule is Cl.O=C(O)c1c(NC2CCCOC23CCNCC3)noc1-c1ccc(Cl)cc1. The molecule has 0 aliphatic carbocycles. The Morgan fingerprint density at radius 1 is 1.29 bits per heavy atom. The molecule has 0 radical (unpaired) electrons. The standard InChI is InChI=1S/C19H22ClN3O4.ClH/c20-13-5-3-12(4-6-13)16-15(18(24)25)17(23-27-16)22-14-2-1-11-26-19(14)7-9-21-10-8-19;/h3-6,14,21H,1-2,7-11H2,(H,22,23)(H,24,25);1H. The second-order valence-electron chi connectivity index (χ2n) is 7.05. The van der Waals surface area contributed by atoms with E-state index < -0.39 is 5.97 Å². The van der Waals surface area contributed by atoms with E-state index in [4.69, 9.17) is 20.9 Å². The van der Waals surface area contributed by atoms with Crippen LogP contribution in [-0.2, 0) is 4.74 Å². The first kappa shape index (κ1) is 20.9. The first-order valence-electron chi connectivity index (χ1n) is 9.19. The number of carbonyl (C=O) groups is 1. The maximum Gasteiger partial charge on any atom is 0.343 e. The number of aromatic nitrogens is 1. The lowest BCUT2D eigenvalue weighted by molar-refractivity contribution is -0.103. The fourth-order valence-corrected chi connectivity index (χ4v) is 4.15. The number of hydrogen-bond acceptors (Lipinski definition) is 6. The third-order valence-electron chi connectivity index (χ3n) is 5.43. The average molecular weight is 428 g/mol. The molecule has 1 aromatic carbocycles. The summed E-state index contributed by atoms with van der Waals surface area (Å²) in [7, 11) is 0. The molecule has 152 valence electrons. The van der Waals surface area contributed by atoms with Gasteiger partial charge in [-0.1, -0.05) is 16.8 Å². The molecule has 2 fully saturated rings. The van der Waals surface area contributed by atoms with Crippen LogP contribution in [0.1, 0.15) is 36.0 Å². The molecule has 1 spiro atoms. The maximum absolute atomic E-state index is 11.9. The van der Waals surface area contributed by atoms with E-state index in [0.717, 1.165) is 45.4 Å².